The summed E-state index contributed by atoms with van der Waals surface area (Å²) in [4.78, 5) is 2.45. The molecule has 0 radical (unpaired) electrons. The van der Waals surface area contributed by atoms with Gasteiger partial charge in [0.1, 0.15) is 0 Å². The number of benzene rings is 10. The molecule has 12 rings (SSSR count). The van der Waals surface area contributed by atoms with Crippen molar-refractivity contribution in [2.45, 2.75) is 0 Å². The van der Waals surface area contributed by atoms with Crippen LogP contribution in [0.1, 0.15) is 0 Å². The molecule has 0 N–H and O–H groups in total. The first-order chi connectivity index (χ1) is 31.3. The van der Waals surface area contributed by atoms with Crippen LogP contribution in [-0.2, 0) is 0 Å². The van der Waals surface area contributed by atoms with Crippen LogP contribution in [0.5, 0.6) is 0 Å². The smallest absolute Gasteiger partial charge is 0.0562 e. The highest BCUT2D eigenvalue weighted by Crippen LogP contribution is 2.48. The fourth-order valence-electron chi connectivity index (χ4n) is 9.57. The molecule has 0 fully saturated rings. The fourth-order valence-corrected chi connectivity index (χ4v) is 10.8. The molecule has 3 heteroatoms. The number of rotatable bonds is 8. The summed E-state index contributed by atoms with van der Waals surface area (Å²) < 4.78 is 5.09. The molecule has 296 valence electrons. The summed E-state index contributed by atoms with van der Waals surface area (Å²) in [6.07, 6.45) is 0. The lowest BCUT2D eigenvalue weighted by Gasteiger charge is -2.28. The van der Waals surface area contributed by atoms with E-state index in [9.17, 15) is 0 Å². The van der Waals surface area contributed by atoms with E-state index >= 15 is 0 Å². The number of nitrogens with zero attached hydrogens (tertiary/aromatic N) is 2. The summed E-state index contributed by atoms with van der Waals surface area (Å²) in [6, 6.07) is 88.4. The van der Waals surface area contributed by atoms with E-state index in [4.69, 9.17) is 0 Å². The van der Waals surface area contributed by atoms with Gasteiger partial charge in [-0.3, -0.25) is 0 Å². The van der Waals surface area contributed by atoms with Crippen molar-refractivity contribution in [3.63, 3.8) is 0 Å². The topological polar surface area (TPSA) is 8.17 Å². The summed E-state index contributed by atoms with van der Waals surface area (Å²) >= 11 is 1.88. The van der Waals surface area contributed by atoms with E-state index in [0.29, 0.717) is 0 Å². The van der Waals surface area contributed by atoms with Crippen molar-refractivity contribution in [2.75, 3.05) is 4.90 Å². The van der Waals surface area contributed by atoms with E-state index in [-0.39, 0.29) is 0 Å². The first kappa shape index (κ1) is 36.8. The van der Waals surface area contributed by atoms with Gasteiger partial charge in [-0.25, -0.2) is 0 Å². The average Bonchev–Trinajstić information content (AvgIpc) is 3.91. The van der Waals surface area contributed by atoms with Gasteiger partial charge in [-0.1, -0.05) is 194 Å². The van der Waals surface area contributed by atoms with Crippen molar-refractivity contribution < 1.29 is 0 Å². The third kappa shape index (κ3) is 6.33. The third-order valence-electron chi connectivity index (χ3n) is 12.4. The number of para-hydroxylation sites is 2. The lowest BCUT2D eigenvalue weighted by atomic mass is 9.93. The molecule has 0 amide bonds. The Hall–Kier alpha value is -7.98. The number of aromatic nitrogens is 1. The molecule has 2 aromatic heterocycles. The predicted octanol–water partition coefficient (Wildman–Crippen LogP) is 17.3. The van der Waals surface area contributed by atoms with Crippen LogP contribution in [0.15, 0.2) is 243 Å². The highest BCUT2D eigenvalue weighted by Gasteiger charge is 2.23. The Morgan fingerprint density at radius 3 is 1.68 bits per heavy atom. The zero-order valence-corrected chi connectivity index (χ0v) is 35.2. The Labute approximate surface area is 370 Å². The molecule has 10 aromatic carbocycles. The first-order valence-electron chi connectivity index (χ1n) is 21.5. The minimum Gasteiger partial charge on any atom is -0.310 e. The largest absolute Gasteiger partial charge is 0.310 e. The molecular weight excluding hydrogens is 781 g/mol. The van der Waals surface area contributed by atoms with E-state index < -0.39 is 0 Å². The van der Waals surface area contributed by atoms with Crippen molar-refractivity contribution >= 4 is 70.4 Å². The van der Waals surface area contributed by atoms with E-state index in [2.05, 4.69) is 252 Å². The van der Waals surface area contributed by atoms with Gasteiger partial charge in [0.2, 0.25) is 0 Å². The fraction of sp³-hybridized carbons (Fsp3) is 0. The van der Waals surface area contributed by atoms with Gasteiger partial charge in [-0.15, -0.1) is 11.3 Å². The molecule has 0 unspecified atom stereocenters. The van der Waals surface area contributed by atoms with Crippen molar-refractivity contribution in [2.24, 2.45) is 0 Å². The predicted molar refractivity (Wildman–Crippen MR) is 270 cm³/mol. The zero-order chi connectivity index (χ0) is 41.7. The Morgan fingerprint density at radius 1 is 0.333 bits per heavy atom. The standard InChI is InChI=1S/C60H40N2S/c1-4-18-41(19-5-1)42-34-36-45(37-35-42)61(54-30-13-11-25-49(54)52-28-16-29-53-51-26-12-15-33-58(51)63-60(52)53)46-38-39-50-48-24-10-14-31-55(48)62(57(50)40-46)56-32-17-27-47(43-20-6-2-7-21-43)59(56)44-22-8-3-9-23-44/h1-40H. The Balaban J connectivity index is 1.12. The summed E-state index contributed by atoms with van der Waals surface area (Å²) in [6.45, 7) is 0. The summed E-state index contributed by atoms with van der Waals surface area (Å²) in [7, 11) is 0. The zero-order valence-electron chi connectivity index (χ0n) is 34.4. The molecule has 63 heavy (non-hydrogen) atoms. The van der Waals surface area contributed by atoms with E-state index in [1.54, 1.807) is 0 Å². The minimum absolute atomic E-state index is 1.08. The summed E-state index contributed by atoms with van der Waals surface area (Å²) in [5.74, 6) is 0. The van der Waals surface area contributed by atoms with Crippen molar-refractivity contribution in [3.8, 4) is 50.2 Å². The minimum atomic E-state index is 1.08. The highest BCUT2D eigenvalue weighted by molar-refractivity contribution is 7.26. The number of thiophene rings is 1. The van der Waals surface area contributed by atoms with Crippen LogP contribution < -0.4 is 4.90 Å². The van der Waals surface area contributed by atoms with Crippen molar-refractivity contribution in [1.82, 2.24) is 4.57 Å². The molecular formula is C60H40N2S. The second-order valence-electron chi connectivity index (χ2n) is 16.0. The van der Waals surface area contributed by atoms with Crippen LogP contribution in [0.25, 0.3) is 92.2 Å². The molecule has 0 atom stereocenters. The normalized spacial score (nSPS) is 11.5. The lowest BCUT2D eigenvalue weighted by molar-refractivity contribution is 1.18. The van der Waals surface area contributed by atoms with Gasteiger partial charge in [0.25, 0.3) is 0 Å². The first-order valence-corrected chi connectivity index (χ1v) is 22.3. The van der Waals surface area contributed by atoms with Crippen LogP contribution in [0.4, 0.5) is 17.1 Å². The van der Waals surface area contributed by atoms with Crippen LogP contribution in [-0.4, -0.2) is 4.57 Å². The molecule has 0 aliphatic carbocycles. The maximum absolute atomic E-state index is 2.49. The molecule has 0 saturated heterocycles. The van der Waals surface area contributed by atoms with Crippen LogP contribution in [0.3, 0.4) is 0 Å². The number of hydrogen-bond donors (Lipinski definition) is 0. The third-order valence-corrected chi connectivity index (χ3v) is 13.6. The monoisotopic (exact) mass is 820 g/mol. The van der Waals surface area contributed by atoms with Gasteiger partial charge < -0.3 is 9.47 Å². The SMILES string of the molecule is c1ccc(-c2ccc(N(c3ccc4c5ccccc5n(-c5cccc(-c6ccccc6)c5-c5ccccc5)c4c3)c3ccccc3-c3cccc4c3sc3ccccc34)cc2)cc1. The van der Waals surface area contributed by atoms with E-state index in [1.807, 2.05) is 11.3 Å². The molecule has 2 nitrogen and oxygen atoms in total. The number of fused-ring (bicyclic) bond motifs is 6. The van der Waals surface area contributed by atoms with Crippen LogP contribution >= 0.6 is 11.3 Å². The van der Waals surface area contributed by atoms with E-state index in [1.165, 1.54) is 81.0 Å². The average molecular weight is 821 g/mol. The summed E-state index contributed by atoms with van der Waals surface area (Å²) in [5, 5.41) is 5.02. The molecule has 0 saturated carbocycles. The number of anilines is 3. The van der Waals surface area contributed by atoms with E-state index in [0.717, 1.165) is 28.3 Å². The van der Waals surface area contributed by atoms with Gasteiger partial charge in [-0.2, -0.15) is 0 Å². The Morgan fingerprint density at radius 2 is 0.889 bits per heavy atom. The lowest BCUT2D eigenvalue weighted by Crippen LogP contribution is -2.11. The van der Waals surface area contributed by atoms with Gasteiger partial charge in [0.15, 0.2) is 0 Å². The maximum Gasteiger partial charge on any atom is 0.0562 e. The molecule has 0 aliphatic heterocycles. The maximum atomic E-state index is 2.49. The molecule has 0 bridgehead atoms. The quantitative estimate of drug-likeness (QED) is 0.148. The molecule has 2 heterocycles. The van der Waals surface area contributed by atoms with Crippen LogP contribution in [0, 0.1) is 0 Å². The van der Waals surface area contributed by atoms with Crippen molar-refractivity contribution in [3.05, 3.63) is 243 Å². The second kappa shape index (κ2) is 15.5. The Kier molecular flexibility index (Phi) is 9.06. The van der Waals surface area contributed by atoms with Gasteiger partial charge in [0.05, 0.1) is 22.4 Å². The van der Waals surface area contributed by atoms with Gasteiger partial charge >= 0.3 is 0 Å². The van der Waals surface area contributed by atoms with Crippen LogP contribution in [0.2, 0.25) is 0 Å². The van der Waals surface area contributed by atoms with Gasteiger partial charge in [0, 0.05) is 59.0 Å². The van der Waals surface area contributed by atoms with Gasteiger partial charge in [-0.05, 0) is 76.3 Å². The molecule has 0 spiro atoms. The van der Waals surface area contributed by atoms with Crippen molar-refractivity contribution in [1.29, 1.82) is 0 Å². The number of hydrogen-bond acceptors (Lipinski definition) is 2. The molecule has 12 aromatic rings. The summed E-state index contributed by atoms with van der Waals surface area (Å²) in [5.41, 5.74) is 16.3. The Bertz CT molecular complexity index is 3600. The second-order valence-corrected chi connectivity index (χ2v) is 17.1. The highest BCUT2D eigenvalue weighted by atomic mass is 32.1. The molecule has 0 aliphatic rings.